The fourth-order valence-electron chi connectivity index (χ4n) is 3.60. The molecule has 0 N–H and O–H groups in total. The number of nitrogens with zero attached hydrogens (tertiary/aromatic N) is 6. The lowest BCUT2D eigenvalue weighted by molar-refractivity contribution is -0.137. The summed E-state index contributed by atoms with van der Waals surface area (Å²) in [5.41, 5.74) is 0.951. The molecule has 0 amide bonds. The first-order valence-electron chi connectivity index (χ1n) is 9.68. The van der Waals surface area contributed by atoms with Gasteiger partial charge in [0, 0.05) is 36.9 Å². The van der Waals surface area contributed by atoms with E-state index in [9.17, 15) is 13.2 Å². The molecule has 31 heavy (non-hydrogen) atoms. The number of hydrogen-bond acceptors (Lipinski definition) is 6. The van der Waals surface area contributed by atoms with E-state index in [1.54, 1.807) is 4.52 Å². The molecule has 0 bridgehead atoms. The molecule has 4 heterocycles. The normalized spacial score (nSPS) is 16.7. The van der Waals surface area contributed by atoms with Crippen molar-refractivity contribution in [3.8, 4) is 17.1 Å². The molecule has 1 aliphatic heterocycles. The predicted molar refractivity (Wildman–Crippen MR) is 107 cm³/mol. The molecule has 1 aliphatic rings. The number of alkyl halides is 3. The first-order valence-corrected chi connectivity index (χ1v) is 9.68. The van der Waals surface area contributed by atoms with Crippen LogP contribution in [-0.2, 0) is 6.18 Å². The van der Waals surface area contributed by atoms with Crippen LogP contribution in [0.1, 0.15) is 12.0 Å². The molecule has 1 saturated heterocycles. The summed E-state index contributed by atoms with van der Waals surface area (Å²) in [7, 11) is 0. The lowest BCUT2D eigenvalue weighted by Gasteiger charge is -2.20. The van der Waals surface area contributed by atoms with Gasteiger partial charge in [-0.2, -0.15) is 27.8 Å². The standard InChI is InChI=1S/C21H17F3N6O/c22-21(23,24)15-6-7-18(25-11-15)31-16-8-9-29(12-16)19-10-17(14-4-2-1-3-5-14)28-20-26-13-27-30(19)20/h1-7,10-11,13,16H,8-9,12H2. The largest absolute Gasteiger partial charge is 0.472 e. The molecule has 0 saturated carbocycles. The Hall–Kier alpha value is -3.69. The molecule has 1 fully saturated rings. The number of fused-ring (bicyclic) bond motifs is 1. The summed E-state index contributed by atoms with van der Waals surface area (Å²) in [6.45, 7) is 1.23. The zero-order valence-corrected chi connectivity index (χ0v) is 16.2. The average molecular weight is 426 g/mol. The van der Waals surface area contributed by atoms with Gasteiger partial charge < -0.3 is 9.64 Å². The number of benzene rings is 1. The Morgan fingerprint density at radius 1 is 1.03 bits per heavy atom. The minimum Gasteiger partial charge on any atom is -0.472 e. The Balaban J connectivity index is 1.37. The highest BCUT2D eigenvalue weighted by Crippen LogP contribution is 2.30. The summed E-state index contributed by atoms with van der Waals surface area (Å²) in [5, 5.41) is 4.28. The molecule has 5 rings (SSSR count). The maximum absolute atomic E-state index is 12.7. The molecule has 1 atom stereocenters. The summed E-state index contributed by atoms with van der Waals surface area (Å²) in [4.78, 5) is 14.7. The van der Waals surface area contributed by atoms with Gasteiger partial charge in [0.1, 0.15) is 18.2 Å². The van der Waals surface area contributed by atoms with E-state index in [-0.39, 0.29) is 12.0 Å². The van der Waals surface area contributed by atoms with Crippen molar-refractivity contribution in [2.75, 3.05) is 18.0 Å². The van der Waals surface area contributed by atoms with Crippen molar-refractivity contribution in [2.45, 2.75) is 18.7 Å². The maximum Gasteiger partial charge on any atom is 0.417 e. The molecule has 1 aromatic carbocycles. The second-order valence-corrected chi connectivity index (χ2v) is 7.19. The number of pyridine rings is 1. The molecule has 1 unspecified atom stereocenters. The van der Waals surface area contributed by atoms with Gasteiger partial charge in [-0.05, 0) is 6.07 Å². The number of anilines is 1. The van der Waals surface area contributed by atoms with Crippen LogP contribution in [0.5, 0.6) is 5.88 Å². The smallest absolute Gasteiger partial charge is 0.417 e. The molecular weight excluding hydrogens is 409 g/mol. The van der Waals surface area contributed by atoms with Crippen molar-refractivity contribution in [3.05, 3.63) is 66.6 Å². The minimum absolute atomic E-state index is 0.172. The monoisotopic (exact) mass is 426 g/mol. The topological polar surface area (TPSA) is 68.4 Å². The van der Waals surface area contributed by atoms with Gasteiger partial charge in [0.2, 0.25) is 5.88 Å². The molecule has 3 aromatic heterocycles. The Morgan fingerprint density at radius 3 is 2.61 bits per heavy atom. The van der Waals surface area contributed by atoms with Gasteiger partial charge in [-0.3, -0.25) is 0 Å². The summed E-state index contributed by atoms with van der Waals surface area (Å²) in [6.07, 6.45) is -1.69. The van der Waals surface area contributed by atoms with E-state index in [0.717, 1.165) is 29.3 Å². The molecule has 0 spiro atoms. The van der Waals surface area contributed by atoms with Crippen LogP contribution in [0, 0.1) is 0 Å². The van der Waals surface area contributed by atoms with E-state index in [1.165, 1.54) is 12.4 Å². The van der Waals surface area contributed by atoms with Crippen LogP contribution in [0.3, 0.4) is 0 Å². The second-order valence-electron chi connectivity index (χ2n) is 7.19. The van der Waals surface area contributed by atoms with Crippen LogP contribution in [0.25, 0.3) is 17.0 Å². The van der Waals surface area contributed by atoms with Crippen LogP contribution >= 0.6 is 0 Å². The molecule has 4 aromatic rings. The van der Waals surface area contributed by atoms with Gasteiger partial charge in [0.05, 0.1) is 17.8 Å². The number of rotatable bonds is 4. The highest BCUT2D eigenvalue weighted by Gasteiger charge is 2.31. The summed E-state index contributed by atoms with van der Waals surface area (Å²) < 4.78 is 45.6. The van der Waals surface area contributed by atoms with Crippen molar-refractivity contribution in [2.24, 2.45) is 0 Å². The number of aromatic nitrogens is 5. The third kappa shape index (κ3) is 3.88. The van der Waals surface area contributed by atoms with E-state index >= 15 is 0 Å². The minimum atomic E-state index is -4.42. The van der Waals surface area contributed by atoms with Gasteiger partial charge in [-0.1, -0.05) is 30.3 Å². The molecule has 0 aliphatic carbocycles. The van der Waals surface area contributed by atoms with Gasteiger partial charge >= 0.3 is 6.18 Å². The van der Waals surface area contributed by atoms with E-state index in [4.69, 9.17) is 4.74 Å². The zero-order chi connectivity index (χ0) is 21.4. The zero-order valence-electron chi connectivity index (χ0n) is 16.2. The van der Waals surface area contributed by atoms with Crippen molar-refractivity contribution in [1.29, 1.82) is 0 Å². The summed E-state index contributed by atoms with van der Waals surface area (Å²) in [6, 6.07) is 14.0. The van der Waals surface area contributed by atoms with E-state index in [1.807, 2.05) is 36.4 Å². The van der Waals surface area contributed by atoms with E-state index < -0.39 is 11.7 Å². The van der Waals surface area contributed by atoms with Crippen LogP contribution < -0.4 is 9.64 Å². The lowest BCUT2D eigenvalue weighted by atomic mass is 10.1. The van der Waals surface area contributed by atoms with Crippen LogP contribution in [0.15, 0.2) is 61.1 Å². The lowest BCUT2D eigenvalue weighted by Crippen LogP contribution is -2.26. The highest BCUT2D eigenvalue weighted by molar-refractivity contribution is 5.65. The third-order valence-corrected chi connectivity index (χ3v) is 5.12. The van der Waals surface area contributed by atoms with Gasteiger partial charge in [0.25, 0.3) is 5.78 Å². The van der Waals surface area contributed by atoms with Gasteiger partial charge in [-0.15, -0.1) is 0 Å². The molecule has 158 valence electrons. The Kier molecular flexibility index (Phi) is 4.68. The van der Waals surface area contributed by atoms with Crippen molar-refractivity contribution in [3.63, 3.8) is 0 Å². The average Bonchev–Trinajstić information content (AvgIpc) is 3.43. The van der Waals surface area contributed by atoms with Crippen LogP contribution in [0.2, 0.25) is 0 Å². The number of ether oxygens (including phenoxy) is 1. The quantitative estimate of drug-likeness (QED) is 0.494. The van der Waals surface area contributed by atoms with Crippen LogP contribution in [-0.4, -0.2) is 43.8 Å². The molecular formula is C21H17F3N6O. The second kappa shape index (κ2) is 7.53. The van der Waals surface area contributed by atoms with Crippen molar-refractivity contribution in [1.82, 2.24) is 24.6 Å². The van der Waals surface area contributed by atoms with Gasteiger partial charge in [-0.25, -0.2) is 9.97 Å². The SMILES string of the molecule is FC(F)(F)c1ccc(OC2CCN(c3cc(-c4ccccc4)nc4ncnn34)C2)nc1. The van der Waals surface area contributed by atoms with E-state index in [2.05, 4.69) is 25.0 Å². The Morgan fingerprint density at radius 2 is 1.87 bits per heavy atom. The summed E-state index contributed by atoms with van der Waals surface area (Å²) in [5.74, 6) is 1.49. The molecule has 7 nitrogen and oxygen atoms in total. The summed E-state index contributed by atoms with van der Waals surface area (Å²) >= 11 is 0. The van der Waals surface area contributed by atoms with E-state index in [0.29, 0.717) is 25.3 Å². The van der Waals surface area contributed by atoms with Crippen LogP contribution in [0.4, 0.5) is 19.0 Å². The fourth-order valence-corrected chi connectivity index (χ4v) is 3.60. The highest BCUT2D eigenvalue weighted by atomic mass is 19.4. The van der Waals surface area contributed by atoms with Crippen molar-refractivity contribution < 1.29 is 17.9 Å². The molecule has 10 heteroatoms. The number of halogens is 3. The fraction of sp³-hybridized carbons (Fsp3) is 0.238. The first kappa shape index (κ1) is 19.3. The Labute approximate surface area is 175 Å². The predicted octanol–water partition coefficient (Wildman–Crippen LogP) is 3.86. The third-order valence-electron chi connectivity index (χ3n) is 5.12. The maximum atomic E-state index is 12.7. The molecule has 0 radical (unpaired) electrons. The van der Waals surface area contributed by atoms with Gasteiger partial charge in [0.15, 0.2) is 0 Å². The van der Waals surface area contributed by atoms with Crippen molar-refractivity contribution >= 4 is 11.6 Å². The number of hydrogen-bond donors (Lipinski definition) is 0. The first-order chi connectivity index (χ1) is 15.0. The Bertz CT molecular complexity index is 1190.